The van der Waals surface area contributed by atoms with Gasteiger partial charge in [-0.15, -0.1) is 0 Å². The summed E-state index contributed by atoms with van der Waals surface area (Å²) in [6.07, 6.45) is -1.09. The molecular weight excluding hydrogens is 373 g/mol. The summed E-state index contributed by atoms with van der Waals surface area (Å²) in [5.41, 5.74) is 0.193. The molecule has 1 fully saturated rings. The fourth-order valence-electron chi connectivity index (χ4n) is 3.00. The maximum atomic E-state index is 13.0. The van der Waals surface area contributed by atoms with E-state index in [0.717, 1.165) is 17.8 Å². The van der Waals surface area contributed by atoms with E-state index in [9.17, 15) is 18.0 Å². The lowest BCUT2D eigenvalue weighted by molar-refractivity contribution is -0.137. The van der Waals surface area contributed by atoms with E-state index < -0.39 is 17.8 Å². The number of amides is 2. The second-order valence-corrected chi connectivity index (χ2v) is 6.25. The molecule has 2 amide bonds. The van der Waals surface area contributed by atoms with E-state index in [1.54, 1.807) is 24.2 Å². The van der Waals surface area contributed by atoms with Crippen LogP contribution in [-0.4, -0.2) is 48.7 Å². The van der Waals surface area contributed by atoms with Crippen molar-refractivity contribution in [3.63, 3.8) is 0 Å². The molecule has 0 saturated carbocycles. The number of anilines is 2. The molecule has 0 atom stereocenters. The van der Waals surface area contributed by atoms with Crippen LogP contribution in [0.15, 0.2) is 42.7 Å². The zero-order valence-corrected chi connectivity index (χ0v) is 15.4. The minimum atomic E-state index is -4.50. The SMILES string of the molecule is CCOc1ccc(C(F)(F)F)cc1NC(=O)N1CCN(c2ccncc2)CC1. The summed E-state index contributed by atoms with van der Waals surface area (Å²) >= 11 is 0. The quantitative estimate of drug-likeness (QED) is 0.856. The van der Waals surface area contributed by atoms with Crippen molar-refractivity contribution >= 4 is 17.4 Å². The van der Waals surface area contributed by atoms with Gasteiger partial charge in [-0.2, -0.15) is 13.2 Å². The van der Waals surface area contributed by atoms with E-state index in [1.165, 1.54) is 6.07 Å². The Hall–Kier alpha value is -2.97. The number of nitrogens with one attached hydrogen (secondary N) is 1. The van der Waals surface area contributed by atoms with Gasteiger partial charge in [-0.1, -0.05) is 0 Å². The summed E-state index contributed by atoms with van der Waals surface area (Å²) in [4.78, 5) is 20.3. The van der Waals surface area contributed by atoms with Gasteiger partial charge in [0.1, 0.15) is 5.75 Å². The number of urea groups is 1. The minimum absolute atomic E-state index is 0.0123. The Bertz CT molecular complexity index is 807. The van der Waals surface area contributed by atoms with Crippen LogP contribution in [0.25, 0.3) is 0 Å². The maximum Gasteiger partial charge on any atom is 0.416 e. The second-order valence-electron chi connectivity index (χ2n) is 6.25. The van der Waals surface area contributed by atoms with E-state index in [2.05, 4.69) is 15.2 Å². The number of hydrogen-bond donors (Lipinski definition) is 1. The third-order valence-electron chi connectivity index (χ3n) is 4.44. The van der Waals surface area contributed by atoms with Crippen molar-refractivity contribution in [2.24, 2.45) is 0 Å². The number of halogens is 3. The number of piperazine rings is 1. The fraction of sp³-hybridized carbons (Fsp3) is 0.368. The Morgan fingerprint density at radius 2 is 1.82 bits per heavy atom. The van der Waals surface area contributed by atoms with Crippen LogP contribution >= 0.6 is 0 Å². The third kappa shape index (κ3) is 4.65. The summed E-state index contributed by atoms with van der Waals surface area (Å²) in [7, 11) is 0. The van der Waals surface area contributed by atoms with Crippen LogP contribution in [-0.2, 0) is 6.18 Å². The Labute approximate surface area is 160 Å². The van der Waals surface area contributed by atoms with Crippen LogP contribution in [0.5, 0.6) is 5.75 Å². The van der Waals surface area contributed by atoms with Crippen LogP contribution in [0.1, 0.15) is 12.5 Å². The smallest absolute Gasteiger partial charge is 0.416 e. The van der Waals surface area contributed by atoms with Crippen LogP contribution in [0.3, 0.4) is 0 Å². The van der Waals surface area contributed by atoms with Gasteiger partial charge in [0, 0.05) is 44.3 Å². The van der Waals surface area contributed by atoms with Crippen molar-refractivity contribution in [2.75, 3.05) is 43.0 Å². The molecule has 2 heterocycles. The molecule has 1 N–H and O–H groups in total. The Kier molecular flexibility index (Phi) is 5.91. The zero-order chi connectivity index (χ0) is 20.1. The molecular formula is C19H21F3N4O2. The molecule has 0 radical (unpaired) electrons. The van der Waals surface area contributed by atoms with Crippen molar-refractivity contribution < 1.29 is 22.7 Å². The van der Waals surface area contributed by atoms with Crippen LogP contribution < -0.4 is 15.0 Å². The first-order valence-electron chi connectivity index (χ1n) is 8.93. The third-order valence-corrected chi connectivity index (χ3v) is 4.44. The second kappa shape index (κ2) is 8.37. The lowest BCUT2D eigenvalue weighted by Crippen LogP contribution is -2.50. The van der Waals surface area contributed by atoms with Gasteiger partial charge in [0.05, 0.1) is 17.9 Å². The first-order chi connectivity index (χ1) is 13.4. The van der Waals surface area contributed by atoms with E-state index in [4.69, 9.17) is 4.74 Å². The van der Waals surface area contributed by atoms with E-state index in [-0.39, 0.29) is 18.0 Å². The Morgan fingerprint density at radius 3 is 2.43 bits per heavy atom. The molecule has 0 unspecified atom stereocenters. The molecule has 1 saturated heterocycles. The molecule has 2 aromatic rings. The van der Waals surface area contributed by atoms with Crippen LogP contribution in [0, 0.1) is 0 Å². The number of hydrogen-bond acceptors (Lipinski definition) is 4. The number of rotatable bonds is 4. The fourth-order valence-corrected chi connectivity index (χ4v) is 3.00. The average Bonchev–Trinajstić information content (AvgIpc) is 2.69. The number of carbonyl (C=O) groups excluding carboxylic acids is 1. The normalized spacial score (nSPS) is 14.7. The largest absolute Gasteiger partial charge is 0.492 e. The van der Waals surface area contributed by atoms with Crippen molar-refractivity contribution in [1.29, 1.82) is 0 Å². The summed E-state index contributed by atoms with van der Waals surface area (Å²) < 4.78 is 44.4. The van der Waals surface area contributed by atoms with Crippen molar-refractivity contribution in [2.45, 2.75) is 13.1 Å². The van der Waals surface area contributed by atoms with Gasteiger partial charge >= 0.3 is 12.2 Å². The van der Waals surface area contributed by atoms with E-state index in [0.29, 0.717) is 26.2 Å². The molecule has 9 heteroatoms. The molecule has 1 aromatic heterocycles. The molecule has 0 aliphatic carbocycles. The van der Waals surface area contributed by atoms with E-state index in [1.807, 2.05) is 12.1 Å². The van der Waals surface area contributed by atoms with Gasteiger partial charge in [0.2, 0.25) is 0 Å². The topological polar surface area (TPSA) is 57.7 Å². The molecule has 3 rings (SSSR count). The van der Waals surface area contributed by atoms with Crippen molar-refractivity contribution in [3.05, 3.63) is 48.3 Å². The molecule has 1 aliphatic heterocycles. The van der Waals surface area contributed by atoms with Crippen LogP contribution in [0.2, 0.25) is 0 Å². The highest BCUT2D eigenvalue weighted by Gasteiger charge is 2.32. The van der Waals surface area contributed by atoms with Crippen molar-refractivity contribution in [3.8, 4) is 5.75 Å². The predicted molar refractivity (Wildman–Crippen MR) is 99.7 cm³/mol. The van der Waals surface area contributed by atoms with Gasteiger partial charge in [-0.25, -0.2) is 4.79 Å². The molecule has 1 aromatic carbocycles. The molecule has 0 bridgehead atoms. The standard InChI is InChI=1S/C19H21F3N4O2/c1-2-28-17-4-3-14(19(20,21)22)13-16(17)24-18(27)26-11-9-25(10-12-26)15-5-7-23-8-6-15/h3-8,13H,2,9-12H2,1H3,(H,24,27). The summed E-state index contributed by atoms with van der Waals surface area (Å²) in [6, 6.07) is 6.40. The number of benzene rings is 1. The van der Waals surface area contributed by atoms with E-state index >= 15 is 0 Å². The highest BCUT2D eigenvalue weighted by molar-refractivity contribution is 5.91. The summed E-state index contributed by atoms with van der Waals surface area (Å²) in [6.45, 7) is 4.16. The van der Waals surface area contributed by atoms with Crippen molar-refractivity contribution in [1.82, 2.24) is 9.88 Å². The van der Waals surface area contributed by atoms with Gasteiger partial charge in [-0.05, 0) is 37.3 Å². The highest BCUT2D eigenvalue weighted by atomic mass is 19.4. The zero-order valence-electron chi connectivity index (χ0n) is 15.4. The van der Waals surface area contributed by atoms with Gasteiger partial charge in [0.25, 0.3) is 0 Å². The number of pyridine rings is 1. The number of carbonyl (C=O) groups is 1. The molecule has 1 aliphatic rings. The monoisotopic (exact) mass is 394 g/mol. The Morgan fingerprint density at radius 1 is 1.14 bits per heavy atom. The van der Waals surface area contributed by atoms with Gasteiger partial charge in [0.15, 0.2) is 0 Å². The van der Waals surface area contributed by atoms with Crippen LogP contribution in [0.4, 0.5) is 29.3 Å². The Balaban J connectivity index is 1.67. The van der Waals surface area contributed by atoms with Gasteiger partial charge in [-0.3, -0.25) is 4.98 Å². The van der Waals surface area contributed by atoms with Gasteiger partial charge < -0.3 is 19.9 Å². The summed E-state index contributed by atoms with van der Waals surface area (Å²) in [5.74, 6) is 0.208. The maximum absolute atomic E-state index is 13.0. The first kappa shape index (κ1) is 19.8. The lowest BCUT2D eigenvalue weighted by atomic mass is 10.1. The predicted octanol–water partition coefficient (Wildman–Crippen LogP) is 3.85. The summed E-state index contributed by atoms with van der Waals surface area (Å²) in [5, 5.41) is 2.57. The minimum Gasteiger partial charge on any atom is -0.492 e. The molecule has 0 spiro atoms. The number of alkyl halides is 3. The number of ether oxygens (including phenoxy) is 1. The lowest BCUT2D eigenvalue weighted by Gasteiger charge is -2.36. The molecule has 6 nitrogen and oxygen atoms in total. The number of nitrogens with zero attached hydrogens (tertiary/aromatic N) is 3. The first-order valence-corrected chi connectivity index (χ1v) is 8.93. The number of aromatic nitrogens is 1. The average molecular weight is 394 g/mol. The molecule has 28 heavy (non-hydrogen) atoms. The molecule has 150 valence electrons. The highest BCUT2D eigenvalue weighted by Crippen LogP contribution is 2.35.